The van der Waals surface area contributed by atoms with E-state index >= 15 is 0 Å². The summed E-state index contributed by atoms with van der Waals surface area (Å²) in [5.41, 5.74) is 8.51. The molecule has 0 heterocycles. The van der Waals surface area contributed by atoms with Crippen molar-refractivity contribution in [3.63, 3.8) is 0 Å². The maximum Gasteiger partial charge on any atom is 0.0140 e. The number of allylic oxidation sites excluding steroid dienone is 3. The van der Waals surface area contributed by atoms with Crippen LogP contribution in [0.5, 0.6) is 0 Å². The normalized spacial score (nSPS) is 19.9. The average Bonchev–Trinajstić information content (AvgIpc) is 2.17. The van der Waals surface area contributed by atoms with Crippen molar-refractivity contribution < 1.29 is 0 Å². The second-order valence-corrected chi connectivity index (χ2v) is 3.56. The van der Waals surface area contributed by atoms with Crippen molar-refractivity contribution in [2.45, 2.75) is 33.1 Å². The van der Waals surface area contributed by atoms with Crippen molar-refractivity contribution in [2.24, 2.45) is 11.7 Å². The Morgan fingerprint density at radius 1 is 1.58 bits per heavy atom. The van der Waals surface area contributed by atoms with Crippen LogP contribution in [-0.2, 0) is 0 Å². The molecule has 0 saturated heterocycles. The third-order valence-electron chi connectivity index (χ3n) is 2.66. The molecule has 1 nitrogen and oxygen atoms in total. The fourth-order valence-electron chi connectivity index (χ4n) is 1.53. The highest BCUT2D eigenvalue weighted by atomic mass is 14.5. The van der Waals surface area contributed by atoms with E-state index < -0.39 is 0 Å². The SMILES string of the molecule is CCC(C)C1=CCCC(CN)=C1. The van der Waals surface area contributed by atoms with Gasteiger partial charge in [-0.2, -0.15) is 0 Å². The first kappa shape index (κ1) is 9.53. The molecule has 1 heteroatoms. The van der Waals surface area contributed by atoms with E-state index in [9.17, 15) is 0 Å². The third kappa shape index (κ3) is 2.21. The molecule has 68 valence electrons. The Kier molecular flexibility index (Phi) is 3.54. The molecule has 1 unspecified atom stereocenters. The summed E-state index contributed by atoms with van der Waals surface area (Å²) in [6.45, 7) is 5.24. The van der Waals surface area contributed by atoms with Gasteiger partial charge in [-0.25, -0.2) is 0 Å². The van der Waals surface area contributed by atoms with Gasteiger partial charge in [0.1, 0.15) is 0 Å². The molecule has 0 aromatic carbocycles. The van der Waals surface area contributed by atoms with E-state index in [2.05, 4.69) is 26.0 Å². The minimum atomic E-state index is 0.701. The highest BCUT2D eigenvalue weighted by molar-refractivity contribution is 5.29. The van der Waals surface area contributed by atoms with Gasteiger partial charge in [-0.15, -0.1) is 0 Å². The van der Waals surface area contributed by atoms with Crippen LogP contribution in [0.25, 0.3) is 0 Å². The largest absolute Gasteiger partial charge is 0.327 e. The van der Waals surface area contributed by atoms with Crippen LogP contribution in [0.2, 0.25) is 0 Å². The van der Waals surface area contributed by atoms with Crippen LogP contribution in [-0.4, -0.2) is 6.54 Å². The van der Waals surface area contributed by atoms with Gasteiger partial charge in [0.2, 0.25) is 0 Å². The summed E-state index contributed by atoms with van der Waals surface area (Å²) in [6.07, 6.45) is 8.21. The Bertz CT molecular complexity index is 201. The summed E-state index contributed by atoms with van der Waals surface area (Å²) in [7, 11) is 0. The van der Waals surface area contributed by atoms with Crippen LogP contribution in [0.3, 0.4) is 0 Å². The topological polar surface area (TPSA) is 26.0 Å². The van der Waals surface area contributed by atoms with E-state index in [4.69, 9.17) is 5.73 Å². The van der Waals surface area contributed by atoms with E-state index in [0.717, 1.165) is 13.0 Å². The molecule has 0 radical (unpaired) electrons. The molecule has 12 heavy (non-hydrogen) atoms. The van der Waals surface area contributed by atoms with Gasteiger partial charge in [0.05, 0.1) is 0 Å². The lowest BCUT2D eigenvalue weighted by Crippen LogP contribution is -2.08. The van der Waals surface area contributed by atoms with Crippen LogP contribution >= 0.6 is 0 Å². The van der Waals surface area contributed by atoms with E-state index in [1.807, 2.05) is 0 Å². The predicted molar refractivity (Wildman–Crippen MR) is 53.9 cm³/mol. The molecular formula is C11H19N. The van der Waals surface area contributed by atoms with Gasteiger partial charge in [-0.05, 0) is 30.8 Å². The Hall–Kier alpha value is -0.560. The second-order valence-electron chi connectivity index (χ2n) is 3.56. The molecule has 2 N–H and O–H groups in total. The Morgan fingerprint density at radius 2 is 2.33 bits per heavy atom. The third-order valence-corrected chi connectivity index (χ3v) is 2.66. The summed E-state index contributed by atoms with van der Waals surface area (Å²) in [5, 5.41) is 0. The van der Waals surface area contributed by atoms with Crippen molar-refractivity contribution in [3.8, 4) is 0 Å². The van der Waals surface area contributed by atoms with Crippen LogP contribution in [0.15, 0.2) is 23.3 Å². The standard InChI is InChI=1S/C11H19N/c1-3-9(2)11-6-4-5-10(7-11)8-12/h6-7,9H,3-5,8,12H2,1-2H3. The van der Waals surface area contributed by atoms with E-state index in [0.29, 0.717) is 5.92 Å². The number of hydrogen-bond donors (Lipinski definition) is 1. The monoisotopic (exact) mass is 165 g/mol. The number of nitrogens with two attached hydrogens (primary N) is 1. The summed E-state index contributed by atoms with van der Waals surface area (Å²) in [6, 6.07) is 0. The first-order chi connectivity index (χ1) is 5.77. The summed E-state index contributed by atoms with van der Waals surface area (Å²) < 4.78 is 0. The molecule has 0 aliphatic heterocycles. The average molecular weight is 165 g/mol. The van der Waals surface area contributed by atoms with Crippen LogP contribution in [0.1, 0.15) is 33.1 Å². The van der Waals surface area contributed by atoms with E-state index in [1.54, 1.807) is 0 Å². The van der Waals surface area contributed by atoms with Gasteiger partial charge in [0.25, 0.3) is 0 Å². The zero-order valence-electron chi connectivity index (χ0n) is 8.14. The maximum absolute atomic E-state index is 5.61. The first-order valence-electron chi connectivity index (χ1n) is 4.87. The van der Waals surface area contributed by atoms with Crippen molar-refractivity contribution in [2.75, 3.05) is 6.54 Å². The van der Waals surface area contributed by atoms with Crippen LogP contribution < -0.4 is 5.73 Å². The molecule has 0 saturated carbocycles. The number of hydrogen-bond acceptors (Lipinski definition) is 1. The molecule has 1 atom stereocenters. The van der Waals surface area contributed by atoms with Crippen molar-refractivity contribution >= 4 is 0 Å². The van der Waals surface area contributed by atoms with Crippen molar-refractivity contribution in [3.05, 3.63) is 23.3 Å². The molecular weight excluding hydrogens is 146 g/mol. The van der Waals surface area contributed by atoms with Crippen LogP contribution in [0.4, 0.5) is 0 Å². The lowest BCUT2D eigenvalue weighted by molar-refractivity contribution is 0.658. The summed E-state index contributed by atoms with van der Waals surface area (Å²) >= 11 is 0. The van der Waals surface area contributed by atoms with E-state index in [-0.39, 0.29) is 0 Å². The highest BCUT2D eigenvalue weighted by Crippen LogP contribution is 2.23. The number of rotatable bonds is 3. The zero-order valence-corrected chi connectivity index (χ0v) is 8.14. The van der Waals surface area contributed by atoms with Gasteiger partial charge in [0.15, 0.2) is 0 Å². The molecule has 0 spiro atoms. The van der Waals surface area contributed by atoms with Crippen LogP contribution in [0, 0.1) is 5.92 Å². The molecule has 0 fully saturated rings. The van der Waals surface area contributed by atoms with Gasteiger partial charge >= 0.3 is 0 Å². The van der Waals surface area contributed by atoms with Crippen molar-refractivity contribution in [1.29, 1.82) is 0 Å². The quantitative estimate of drug-likeness (QED) is 0.683. The molecule has 0 aromatic rings. The van der Waals surface area contributed by atoms with Gasteiger partial charge in [0, 0.05) is 6.54 Å². The minimum Gasteiger partial charge on any atom is -0.327 e. The predicted octanol–water partition coefficient (Wildman–Crippen LogP) is 2.64. The Balaban J connectivity index is 2.66. The highest BCUT2D eigenvalue weighted by Gasteiger charge is 2.08. The van der Waals surface area contributed by atoms with Gasteiger partial charge < -0.3 is 5.73 Å². The maximum atomic E-state index is 5.61. The smallest absolute Gasteiger partial charge is 0.0140 e. The fraction of sp³-hybridized carbons (Fsp3) is 0.636. The molecule has 0 amide bonds. The molecule has 0 bridgehead atoms. The first-order valence-corrected chi connectivity index (χ1v) is 4.87. The Labute approximate surface area is 75.3 Å². The molecule has 1 rings (SSSR count). The van der Waals surface area contributed by atoms with Gasteiger partial charge in [-0.3, -0.25) is 0 Å². The lowest BCUT2D eigenvalue weighted by atomic mass is 9.90. The molecule has 0 aromatic heterocycles. The lowest BCUT2D eigenvalue weighted by Gasteiger charge is -2.16. The Morgan fingerprint density at radius 3 is 2.92 bits per heavy atom. The van der Waals surface area contributed by atoms with Crippen molar-refractivity contribution in [1.82, 2.24) is 0 Å². The fourth-order valence-corrected chi connectivity index (χ4v) is 1.53. The zero-order chi connectivity index (χ0) is 8.97. The van der Waals surface area contributed by atoms with E-state index in [1.165, 1.54) is 24.0 Å². The molecule has 1 aliphatic rings. The summed E-state index contributed by atoms with van der Waals surface area (Å²) in [4.78, 5) is 0. The molecule has 1 aliphatic carbocycles. The van der Waals surface area contributed by atoms with Gasteiger partial charge in [-0.1, -0.05) is 31.6 Å². The minimum absolute atomic E-state index is 0.701. The summed E-state index contributed by atoms with van der Waals surface area (Å²) in [5.74, 6) is 0.701. The second kappa shape index (κ2) is 4.46.